The zero-order chi connectivity index (χ0) is 19.8. The van der Waals surface area contributed by atoms with Crippen LogP contribution in [-0.2, 0) is 11.2 Å². The molecule has 1 fully saturated rings. The van der Waals surface area contributed by atoms with Gasteiger partial charge >= 0.3 is 0 Å². The van der Waals surface area contributed by atoms with Crippen LogP contribution in [0, 0.1) is 5.92 Å². The van der Waals surface area contributed by atoms with E-state index in [2.05, 4.69) is 15.6 Å². The van der Waals surface area contributed by atoms with Crippen molar-refractivity contribution in [3.05, 3.63) is 23.8 Å². The summed E-state index contributed by atoms with van der Waals surface area (Å²) in [6, 6.07) is 5.67. The van der Waals surface area contributed by atoms with E-state index in [1.165, 1.54) is 0 Å². The molecule has 0 radical (unpaired) electrons. The first kappa shape index (κ1) is 20.9. The van der Waals surface area contributed by atoms with Gasteiger partial charge in [0, 0.05) is 38.1 Å². The van der Waals surface area contributed by atoms with Crippen molar-refractivity contribution < 1.29 is 14.6 Å². The van der Waals surface area contributed by atoms with Gasteiger partial charge in [-0.2, -0.15) is 0 Å². The first-order valence-electron chi connectivity index (χ1n) is 9.64. The standard InChI is InChI=1S/C20H32N4O3/c1-5-21-20(23-16-10-12-24(13-16)19(26)14(2)3)22-11-9-15-7-6-8-17(27-4)18(15)25/h6-8,14,16,25H,5,9-13H2,1-4H3,(H2,21,22,23). The molecule has 1 atom stereocenters. The molecule has 7 heteroatoms. The van der Waals surface area contributed by atoms with Crippen molar-refractivity contribution in [2.75, 3.05) is 33.3 Å². The van der Waals surface area contributed by atoms with Crippen LogP contribution in [0.25, 0.3) is 0 Å². The Balaban J connectivity index is 1.92. The number of hydrogen-bond acceptors (Lipinski definition) is 4. The smallest absolute Gasteiger partial charge is 0.225 e. The molecule has 1 aliphatic rings. The van der Waals surface area contributed by atoms with Crippen molar-refractivity contribution in [3.63, 3.8) is 0 Å². The maximum Gasteiger partial charge on any atom is 0.225 e. The summed E-state index contributed by atoms with van der Waals surface area (Å²) in [6.07, 6.45) is 1.53. The highest BCUT2D eigenvalue weighted by atomic mass is 16.5. The maximum atomic E-state index is 12.1. The molecule has 0 aromatic heterocycles. The van der Waals surface area contributed by atoms with Gasteiger partial charge < -0.3 is 25.4 Å². The molecular weight excluding hydrogens is 344 g/mol. The van der Waals surface area contributed by atoms with Gasteiger partial charge in [0.25, 0.3) is 0 Å². The number of ether oxygens (including phenoxy) is 1. The summed E-state index contributed by atoms with van der Waals surface area (Å²) in [4.78, 5) is 18.7. The summed E-state index contributed by atoms with van der Waals surface area (Å²) >= 11 is 0. The molecular formula is C20H32N4O3. The molecule has 2 rings (SSSR count). The highest BCUT2D eigenvalue weighted by Crippen LogP contribution is 2.29. The Labute approximate surface area is 161 Å². The van der Waals surface area contributed by atoms with Gasteiger partial charge in [-0.15, -0.1) is 0 Å². The lowest BCUT2D eigenvalue weighted by molar-refractivity contribution is -0.133. The van der Waals surface area contributed by atoms with Crippen LogP contribution in [0.3, 0.4) is 0 Å². The van der Waals surface area contributed by atoms with Gasteiger partial charge in [-0.25, -0.2) is 0 Å². The molecule has 1 unspecified atom stereocenters. The molecule has 1 aromatic rings. The Kier molecular flexibility index (Phi) is 7.76. The number of guanidine groups is 1. The van der Waals surface area contributed by atoms with Crippen LogP contribution >= 0.6 is 0 Å². The van der Waals surface area contributed by atoms with Crippen molar-refractivity contribution >= 4 is 11.9 Å². The number of nitrogens with one attached hydrogen (secondary N) is 2. The summed E-state index contributed by atoms with van der Waals surface area (Å²) in [7, 11) is 1.54. The Morgan fingerprint density at radius 3 is 2.89 bits per heavy atom. The van der Waals surface area contributed by atoms with E-state index in [4.69, 9.17) is 4.74 Å². The first-order valence-corrected chi connectivity index (χ1v) is 9.64. The summed E-state index contributed by atoms with van der Waals surface area (Å²) < 4.78 is 5.14. The highest BCUT2D eigenvalue weighted by molar-refractivity contribution is 5.81. The molecule has 0 bridgehead atoms. The third-order valence-electron chi connectivity index (χ3n) is 4.63. The van der Waals surface area contributed by atoms with Crippen molar-refractivity contribution in [1.82, 2.24) is 15.5 Å². The van der Waals surface area contributed by atoms with Crippen LogP contribution in [0.5, 0.6) is 11.5 Å². The minimum Gasteiger partial charge on any atom is -0.504 e. The molecule has 1 aromatic carbocycles. The van der Waals surface area contributed by atoms with Crippen molar-refractivity contribution in [1.29, 1.82) is 0 Å². The van der Waals surface area contributed by atoms with E-state index in [-0.39, 0.29) is 23.6 Å². The maximum absolute atomic E-state index is 12.1. The van der Waals surface area contributed by atoms with Gasteiger partial charge in [0.05, 0.1) is 7.11 Å². The third kappa shape index (κ3) is 5.77. The van der Waals surface area contributed by atoms with E-state index in [1.54, 1.807) is 13.2 Å². The van der Waals surface area contributed by atoms with Crippen LogP contribution in [0.1, 0.15) is 32.8 Å². The number of hydrogen-bond donors (Lipinski definition) is 3. The second-order valence-electron chi connectivity index (χ2n) is 7.05. The van der Waals surface area contributed by atoms with E-state index in [9.17, 15) is 9.90 Å². The van der Waals surface area contributed by atoms with Gasteiger partial charge in [0.15, 0.2) is 17.5 Å². The fourth-order valence-electron chi connectivity index (χ4n) is 3.18. The number of methoxy groups -OCH3 is 1. The topological polar surface area (TPSA) is 86.2 Å². The predicted octanol–water partition coefficient (Wildman–Crippen LogP) is 1.76. The van der Waals surface area contributed by atoms with Gasteiger partial charge in [-0.3, -0.25) is 9.79 Å². The molecule has 150 valence electrons. The Morgan fingerprint density at radius 1 is 1.44 bits per heavy atom. The van der Waals surface area contributed by atoms with E-state index in [1.807, 2.05) is 37.8 Å². The van der Waals surface area contributed by atoms with Crippen molar-refractivity contribution in [3.8, 4) is 11.5 Å². The summed E-state index contributed by atoms with van der Waals surface area (Å²) in [5.41, 5.74) is 0.809. The van der Waals surface area contributed by atoms with Gasteiger partial charge in [0.2, 0.25) is 5.91 Å². The minimum atomic E-state index is 0.0289. The molecule has 0 aliphatic carbocycles. The lowest BCUT2D eigenvalue weighted by Crippen LogP contribution is -2.45. The number of rotatable bonds is 7. The second kappa shape index (κ2) is 10.0. The van der Waals surface area contributed by atoms with Crippen molar-refractivity contribution in [2.45, 2.75) is 39.7 Å². The third-order valence-corrected chi connectivity index (χ3v) is 4.63. The van der Waals surface area contributed by atoms with Crippen LogP contribution in [0.15, 0.2) is 23.2 Å². The van der Waals surface area contributed by atoms with Gasteiger partial charge in [-0.1, -0.05) is 26.0 Å². The van der Waals surface area contributed by atoms with E-state index >= 15 is 0 Å². The quantitative estimate of drug-likeness (QED) is 0.499. The largest absolute Gasteiger partial charge is 0.504 e. The number of nitrogens with zero attached hydrogens (tertiary/aromatic N) is 2. The van der Waals surface area contributed by atoms with Gasteiger partial charge in [-0.05, 0) is 31.4 Å². The number of para-hydroxylation sites is 1. The highest BCUT2D eigenvalue weighted by Gasteiger charge is 2.27. The van der Waals surface area contributed by atoms with Crippen molar-refractivity contribution in [2.24, 2.45) is 10.9 Å². The summed E-state index contributed by atoms with van der Waals surface area (Å²) in [6.45, 7) is 8.68. The second-order valence-corrected chi connectivity index (χ2v) is 7.05. The summed E-state index contributed by atoms with van der Waals surface area (Å²) in [5.74, 6) is 1.62. The van der Waals surface area contributed by atoms with Crippen LogP contribution in [0.4, 0.5) is 0 Å². The monoisotopic (exact) mass is 376 g/mol. The minimum absolute atomic E-state index is 0.0289. The summed E-state index contributed by atoms with van der Waals surface area (Å²) in [5, 5.41) is 16.8. The lowest BCUT2D eigenvalue weighted by atomic mass is 10.1. The molecule has 27 heavy (non-hydrogen) atoms. The zero-order valence-electron chi connectivity index (χ0n) is 16.8. The van der Waals surface area contributed by atoms with Crippen LogP contribution in [-0.4, -0.2) is 61.2 Å². The Morgan fingerprint density at radius 2 is 2.22 bits per heavy atom. The Bertz CT molecular complexity index is 661. The van der Waals surface area contributed by atoms with E-state index in [0.29, 0.717) is 25.3 Å². The number of benzene rings is 1. The number of carbonyl (C=O) groups is 1. The number of likely N-dealkylation sites (tertiary alicyclic amines) is 1. The molecule has 3 N–H and O–H groups in total. The predicted molar refractivity (Wildman–Crippen MR) is 107 cm³/mol. The molecule has 1 heterocycles. The number of carbonyl (C=O) groups excluding carboxylic acids is 1. The molecule has 1 amide bonds. The fraction of sp³-hybridized carbons (Fsp3) is 0.600. The normalized spacial score (nSPS) is 17.3. The number of aromatic hydroxyl groups is 1. The van der Waals surface area contributed by atoms with E-state index in [0.717, 1.165) is 31.0 Å². The molecule has 7 nitrogen and oxygen atoms in total. The van der Waals surface area contributed by atoms with Gasteiger partial charge in [0.1, 0.15) is 0 Å². The number of aliphatic imine (C=N–C) groups is 1. The fourth-order valence-corrected chi connectivity index (χ4v) is 3.18. The SMILES string of the molecule is CCNC(=NCCc1cccc(OC)c1O)NC1CCN(C(=O)C(C)C)C1. The number of phenols is 1. The lowest BCUT2D eigenvalue weighted by Gasteiger charge is -2.20. The number of phenolic OH excluding ortho intramolecular Hbond substituents is 1. The average molecular weight is 377 g/mol. The molecule has 0 spiro atoms. The van der Waals surface area contributed by atoms with Crippen LogP contribution < -0.4 is 15.4 Å². The average Bonchev–Trinajstić information content (AvgIpc) is 3.11. The van der Waals surface area contributed by atoms with E-state index < -0.39 is 0 Å². The Hall–Kier alpha value is -2.44. The zero-order valence-corrected chi connectivity index (χ0v) is 16.8. The molecule has 1 aliphatic heterocycles. The van der Waals surface area contributed by atoms with Crippen LogP contribution in [0.2, 0.25) is 0 Å². The first-order chi connectivity index (χ1) is 13.0. The molecule has 0 saturated carbocycles. The number of amides is 1. The molecule has 1 saturated heterocycles.